The summed E-state index contributed by atoms with van der Waals surface area (Å²) in [5.74, 6) is 1.09. The lowest BCUT2D eigenvalue weighted by Crippen LogP contribution is -2.22. The maximum atomic E-state index is 12.9. The number of para-hydroxylation sites is 1. The van der Waals surface area contributed by atoms with Crippen molar-refractivity contribution in [2.24, 2.45) is 0 Å². The summed E-state index contributed by atoms with van der Waals surface area (Å²) in [7, 11) is 0. The third-order valence-electron chi connectivity index (χ3n) is 4.83. The summed E-state index contributed by atoms with van der Waals surface area (Å²) < 4.78 is 3.26. The van der Waals surface area contributed by atoms with Gasteiger partial charge in [0, 0.05) is 36.3 Å². The van der Waals surface area contributed by atoms with Gasteiger partial charge in [0.1, 0.15) is 5.52 Å². The number of aromatic amines is 1. The quantitative estimate of drug-likeness (QED) is 0.530. The van der Waals surface area contributed by atoms with Crippen LogP contribution >= 0.6 is 0 Å². The highest BCUT2D eigenvalue weighted by Crippen LogP contribution is 2.18. The second kappa shape index (κ2) is 6.01. The van der Waals surface area contributed by atoms with Gasteiger partial charge in [-0.1, -0.05) is 25.1 Å². The largest absolute Gasteiger partial charge is 0.361 e. The van der Waals surface area contributed by atoms with Crippen LogP contribution in [0.2, 0.25) is 0 Å². The van der Waals surface area contributed by atoms with Crippen molar-refractivity contribution in [1.29, 1.82) is 0 Å². The van der Waals surface area contributed by atoms with E-state index in [-0.39, 0.29) is 5.56 Å². The van der Waals surface area contributed by atoms with E-state index in [1.807, 2.05) is 37.4 Å². The number of hydrogen-bond acceptors (Lipinski definition) is 5. The molecule has 4 heterocycles. The van der Waals surface area contributed by atoms with E-state index in [2.05, 4.69) is 31.3 Å². The third-order valence-corrected chi connectivity index (χ3v) is 4.83. The molecule has 0 saturated carbocycles. The number of nitrogens with zero attached hydrogens (tertiary/aromatic N) is 6. The van der Waals surface area contributed by atoms with Crippen molar-refractivity contribution in [1.82, 2.24) is 34.3 Å². The van der Waals surface area contributed by atoms with Gasteiger partial charge in [-0.15, -0.1) is 15.3 Å². The van der Waals surface area contributed by atoms with Gasteiger partial charge >= 0.3 is 0 Å². The monoisotopic (exact) mass is 359 g/mol. The molecule has 8 nitrogen and oxygen atoms in total. The normalized spacial score (nSPS) is 11.7. The number of aryl methyl sites for hydroxylation is 3. The van der Waals surface area contributed by atoms with Gasteiger partial charge in [0.25, 0.3) is 11.3 Å². The number of nitrogens with one attached hydrogen (secondary N) is 1. The number of hydrogen-bond donors (Lipinski definition) is 1. The molecule has 1 N–H and O–H groups in total. The second-order valence-electron chi connectivity index (χ2n) is 6.45. The predicted octanol–water partition coefficient (Wildman–Crippen LogP) is 2.12. The zero-order valence-electron chi connectivity index (χ0n) is 14.8. The molecule has 134 valence electrons. The number of rotatable bonds is 4. The molecular formula is C19H17N7O. The predicted molar refractivity (Wildman–Crippen MR) is 102 cm³/mol. The Labute approximate surface area is 153 Å². The number of pyridine rings is 1. The van der Waals surface area contributed by atoms with Crippen molar-refractivity contribution in [2.45, 2.75) is 26.3 Å². The van der Waals surface area contributed by atoms with Crippen molar-refractivity contribution >= 4 is 27.7 Å². The van der Waals surface area contributed by atoms with Crippen LogP contribution in [0.5, 0.6) is 0 Å². The fraction of sp³-hybridized carbons (Fsp3) is 0.211. The minimum atomic E-state index is -0.171. The number of fused-ring (bicyclic) bond motifs is 4. The van der Waals surface area contributed by atoms with Crippen molar-refractivity contribution in [3.8, 4) is 0 Å². The first kappa shape index (κ1) is 15.7. The van der Waals surface area contributed by atoms with Crippen molar-refractivity contribution in [2.75, 3.05) is 0 Å². The Kier molecular flexibility index (Phi) is 3.49. The molecule has 0 unspecified atom stereocenters. The van der Waals surface area contributed by atoms with Gasteiger partial charge in [-0.25, -0.2) is 0 Å². The Morgan fingerprint density at radius 1 is 1.15 bits per heavy atom. The molecule has 0 fully saturated rings. The maximum absolute atomic E-state index is 12.9. The van der Waals surface area contributed by atoms with Crippen LogP contribution < -0.4 is 5.56 Å². The number of aromatic nitrogens is 7. The van der Waals surface area contributed by atoms with Crippen molar-refractivity contribution in [3.63, 3.8) is 0 Å². The second-order valence-corrected chi connectivity index (χ2v) is 6.45. The van der Waals surface area contributed by atoms with Gasteiger partial charge in [0.05, 0.1) is 0 Å². The molecule has 0 bridgehead atoms. The Bertz CT molecular complexity index is 1340. The SMILES string of the molecule is CCc1nc2nnc3c(=O)n(CCc4c[nH]c5ccccc45)ccc3n2n1. The first-order valence-electron chi connectivity index (χ1n) is 8.91. The summed E-state index contributed by atoms with van der Waals surface area (Å²) in [4.78, 5) is 20.4. The van der Waals surface area contributed by atoms with Crippen LogP contribution in [-0.2, 0) is 19.4 Å². The van der Waals surface area contributed by atoms with Crippen molar-refractivity contribution in [3.05, 3.63) is 64.5 Å². The van der Waals surface area contributed by atoms with Gasteiger partial charge in [0.15, 0.2) is 11.3 Å². The van der Waals surface area contributed by atoms with Crippen LogP contribution in [0.1, 0.15) is 18.3 Å². The topological polar surface area (TPSA) is 93.8 Å². The molecule has 8 heteroatoms. The van der Waals surface area contributed by atoms with Crippen LogP contribution in [-0.4, -0.2) is 34.3 Å². The van der Waals surface area contributed by atoms with Crippen molar-refractivity contribution < 1.29 is 0 Å². The van der Waals surface area contributed by atoms with E-state index < -0.39 is 0 Å². The minimum absolute atomic E-state index is 0.171. The molecule has 0 amide bonds. The Balaban J connectivity index is 1.53. The molecule has 27 heavy (non-hydrogen) atoms. The highest BCUT2D eigenvalue weighted by atomic mass is 16.1. The zero-order valence-corrected chi connectivity index (χ0v) is 14.8. The molecule has 0 spiro atoms. The van der Waals surface area contributed by atoms with Crippen LogP contribution in [0.15, 0.2) is 47.5 Å². The molecule has 0 aliphatic rings. The lowest BCUT2D eigenvalue weighted by molar-refractivity contribution is 0.673. The molecule has 5 aromatic rings. The van der Waals surface area contributed by atoms with E-state index in [0.717, 1.165) is 11.9 Å². The average Bonchev–Trinajstić information content (AvgIpc) is 3.31. The average molecular weight is 359 g/mol. The molecule has 0 aliphatic heterocycles. The highest BCUT2D eigenvalue weighted by Gasteiger charge is 2.12. The molecule has 0 saturated heterocycles. The Morgan fingerprint density at radius 3 is 2.93 bits per heavy atom. The summed E-state index contributed by atoms with van der Waals surface area (Å²) in [6, 6.07) is 10.0. The van der Waals surface area contributed by atoms with Crippen LogP contribution in [0, 0.1) is 0 Å². The van der Waals surface area contributed by atoms with Gasteiger partial charge in [-0.2, -0.15) is 9.50 Å². The molecular weight excluding hydrogens is 342 g/mol. The van der Waals surface area contributed by atoms with Crippen LogP contribution in [0.3, 0.4) is 0 Å². The summed E-state index contributed by atoms with van der Waals surface area (Å²) >= 11 is 0. The van der Waals surface area contributed by atoms with Crippen LogP contribution in [0.25, 0.3) is 27.7 Å². The zero-order chi connectivity index (χ0) is 18.4. The summed E-state index contributed by atoms with van der Waals surface area (Å²) in [6.07, 6.45) is 5.23. The van der Waals surface area contributed by atoms with E-state index in [4.69, 9.17) is 0 Å². The molecule has 0 radical (unpaired) electrons. The first-order chi connectivity index (χ1) is 13.2. The lowest BCUT2D eigenvalue weighted by atomic mass is 10.1. The molecule has 5 rings (SSSR count). The smallest absolute Gasteiger partial charge is 0.280 e. The summed E-state index contributed by atoms with van der Waals surface area (Å²) in [6.45, 7) is 2.54. The maximum Gasteiger partial charge on any atom is 0.280 e. The number of H-pyrrole nitrogens is 1. The fourth-order valence-electron chi connectivity index (χ4n) is 3.39. The van der Waals surface area contributed by atoms with Gasteiger partial charge in [-0.3, -0.25) is 4.79 Å². The van der Waals surface area contributed by atoms with Gasteiger partial charge in [-0.05, 0) is 24.1 Å². The summed E-state index contributed by atoms with van der Waals surface area (Å²) in [5.41, 5.74) is 3.04. The number of benzene rings is 1. The Morgan fingerprint density at radius 2 is 2.04 bits per heavy atom. The molecule has 0 aliphatic carbocycles. The Hall–Kier alpha value is -3.55. The minimum Gasteiger partial charge on any atom is -0.361 e. The van der Waals surface area contributed by atoms with Gasteiger partial charge < -0.3 is 9.55 Å². The van der Waals surface area contributed by atoms with Crippen LogP contribution in [0.4, 0.5) is 0 Å². The molecule has 1 aromatic carbocycles. The lowest BCUT2D eigenvalue weighted by Gasteiger charge is -2.06. The van der Waals surface area contributed by atoms with E-state index >= 15 is 0 Å². The highest BCUT2D eigenvalue weighted by molar-refractivity contribution is 5.83. The molecule has 4 aromatic heterocycles. The first-order valence-corrected chi connectivity index (χ1v) is 8.91. The third kappa shape index (κ3) is 2.49. The fourth-order valence-corrected chi connectivity index (χ4v) is 3.39. The van der Waals surface area contributed by atoms with E-state index in [1.165, 1.54) is 10.9 Å². The van der Waals surface area contributed by atoms with E-state index in [1.54, 1.807) is 15.3 Å². The molecule has 0 atom stereocenters. The summed E-state index contributed by atoms with van der Waals surface area (Å²) in [5, 5.41) is 13.7. The van der Waals surface area contributed by atoms with E-state index in [0.29, 0.717) is 35.6 Å². The standard InChI is InChI=1S/C19H17N7O/c1-2-16-21-19-23-22-17-15(26(19)24-16)8-10-25(18(17)27)9-7-12-11-20-14-6-4-3-5-13(12)14/h3-6,8,10-11,20H,2,7,9H2,1H3. The van der Waals surface area contributed by atoms with Gasteiger partial charge in [0.2, 0.25) is 0 Å². The van der Waals surface area contributed by atoms with E-state index in [9.17, 15) is 4.79 Å².